The zero-order chi connectivity index (χ0) is 13.7. The molecule has 0 saturated carbocycles. The molecular formula is C19H18. The molecule has 0 unspecified atom stereocenters. The van der Waals surface area contributed by atoms with Gasteiger partial charge in [-0.3, -0.25) is 0 Å². The van der Waals surface area contributed by atoms with Gasteiger partial charge in [-0.15, -0.1) is 0 Å². The van der Waals surface area contributed by atoms with Gasteiger partial charge in [0.25, 0.3) is 0 Å². The summed E-state index contributed by atoms with van der Waals surface area (Å²) in [7, 11) is 0. The first-order valence-electron chi connectivity index (χ1n) is 6.38. The molecule has 0 amide bonds. The molecule has 0 fully saturated rings. The monoisotopic (exact) mass is 246 g/mol. The zero-order valence-corrected chi connectivity index (χ0v) is 11.3. The fraction of sp³-hybridized carbons (Fsp3) is 0.0526. The fourth-order valence-corrected chi connectivity index (χ4v) is 2.18. The number of benzene rings is 2. The smallest absolute Gasteiger partial charge is 0.0103 e. The second-order valence-corrected chi connectivity index (χ2v) is 4.42. The van der Waals surface area contributed by atoms with Gasteiger partial charge in [-0.1, -0.05) is 79.9 Å². The molecule has 2 rings (SSSR count). The number of allylic oxidation sites excluding steroid dienone is 4. The third kappa shape index (κ3) is 2.74. The van der Waals surface area contributed by atoms with Gasteiger partial charge in [0.2, 0.25) is 0 Å². The van der Waals surface area contributed by atoms with E-state index < -0.39 is 0 Å². The van der Waals surface area contributed by atoms with Gasteiger partial charge in [0.1, 0.15) is 0 Å². The highest BCUT2D eigenvalue weighted by molar-refractivity contribution is 5.87. The van der Waals surface area contributed by atoms with E-state index in [1.165, 1.54) is 16.7 Å². The average Bonchev–Trinajstić information content (AvgIpc) is 2.49. The highest BCUT2D eigenvalue weighted by atomic mass is 14.1. The normalized spacial score (nSPS) is 11.6. The molecule has 0 spiro atoms. The maximum atomic E-state index is 3.94. The maximum Gasteiger partial charge on any atom is -0.0103 e. The van der Waals surface area contributed by atoms with E-state index in [0.717, 1.165) is 11.1 Å². The first-order valence-corrected chi connectivity index (χ1v) is 6.38. The summed E-state index contributed by atoms with van der Waals surface area (Å²) in [5.74, 6) is 0. The largest absolute Gasteiger partial charge is 0.0988 e. The van der Waals surface area contributed by atoms with E-state index in [9.17, 15) is 0 Å². The minimum Gasteiger partial charge on any atom is -0.0988 e. The standard InChI is InChI=1S/C19H18/c1-4-15(3)17(5-2)19-14-10-9-13-18(19)16-11-7-6-8-12-16/h4-14H,1-2H2,3H3/b17-15+. The van der Waals surface area contributed by atoms with E-state index in [4.69, 9.17) is 0 Å². The Morgan fingerprint density at radius 3 is 2.11 bits per heavy atom. The molecule has 0 N–H and O–H groups in total. The van der Waals surface area contributed by atoms with Crippen LogP contribution in [0.15, 0.2) is 85.5 Å². The van der Waals surface area contributed by atoms with E-state index in [0.29, 0.717) is 0 Å². The second-order valence-electron chi connectivity index (χ2n) is 4.42. The minimum atomic E-state index is 1.13. The highest BCUT2D eigenvalue weighted by Gasteiger charge is 2.08. The summed E-state index contributed by atoms with van der Waals surface area (Å²) in [6, 6.07) is 18.8. The molecule has 0 aliphatic heterocycles. The van der Waals surface area contributed by atoms with Crippen LogP contribution in [0, 0.1) is 0 Å². The van der Waals surface area contributed by atoms with Crippen molar-refractivity contribution < 1.29 is 0 Å². The fourth-order valence-electron chi connectivity index (χ4n) is 2.18. The van der Waals surface area contributed by atoms with Crippen molar-refractivity contribution in [2.75, 3.05) is 0 Å². The molecule has 94 valence electrons. The van der Waals surface area contributed by atoms with E-state index in [1.807, 2.05) is 18.2 Å². The second kappa shape index (κ2) is 6.01. The van der Waals surface area contributed by atoms with Crippen molar-refractivity contribution in [3.05, 3.63) is 91.0 Å². The van der Waals surface area contributed by atoms with Gasteiger partial charge in [0.05, 0.1) is 0 Å². The van der Waals surface area contributed by atoms with Crippen molar-refractivity contribution in [2.24, 2.45) is 0 Å². The molecule has 0 saturated heterocycles. The van der Waals surface area contributed by atoms with Gasteiger partial charge in [0, 0.05) is 0 Å². The van der Waals surface area contributed by atoms with Crippen LogP contribution in [-0.2, 0) is 0 Å². The lowest BCUT2D eigenvalue weighted by Gasteiger charge is -2.12. The molecular weight excluding hydrogens is 228 g/mol. The molecule has 0 aliphatic carbocycles. The first-order chi connectivity index (χ1) is 9.27. The summed E-state index contributed by atoms with van der Waals surface area (Å²) < 4.78 is 0. The lowest BCUT2D eigenvalue weighted by atomic mass is 9.92. The average molecular weight is 246 g/mol. The van der Waals surface area contributed by atoms with Crippen LogP contribution in [-0.4, -0.2) is 0 Å². The topological polar surface area (TPSA) is 0 Å². The molecule has 0 heterocycles. The molecule has 0 aromatic heterocycles. The molecule has 0 aliphatic rings. The van der Waals surface area contributed by atoms with Crippen molar-refractivity contribution in [1.82, 2.24) is 0 Å². The number of hydrogen-bond donors (Lipinski definition) is 0. The molecule has 0 radical (unpaired) electrons. The minimum absolute atomic E-state index is 1.13. The van der Waals surface area contributed by atoms with Crippen LogP contribution >= 0.6 is 0 Å². The molecule has 2 aromatic carbocycles. The van der Waals surface area contributed by atoms with Gasteiger partial charge in [0.15, 0.2) is 0 Å². The Bertz CT molecular complexity index is 615. The maximum absolute atomic E-state index is 3.94. The van der Waals surface area contributed by atoms with Gasteiger partial charge >= 0.3 is 0 Å². The molecule has 0 heteroatoms. The van der Waals surface area contributed by atoms with Gasteiger partial charge < -0.3 is 0 Å². The lowest BCUT2D eigenvalue weighted by molar-refractivity contribution is 1.50. The third-order valence-electron chi connectivity index (χ3n) is 3.24. The van der Waals surface area contributed by atoms with Crippen LogP contribution in [0.2, 0.25) is 0 Å². The summed E-state index contributed by atoms with van der Waals surface area (Å²) in [5.41, 5.74) is 5.91. The van der Waals surface area contributed by atoms with E-state index in [-0.39, 0.29) is 0 Å². The van der Waals surface area contributed by atoms with Gasteiger partial charge in [-0.25, -0.2) is 0 Å². The van der Waals surface area contributed by atoms with Crippen LogP contribution in [0.25, 0.3) is 16.7 Å². The Labute approximate surface area is 115 Å². The number of hydrogen-bond acceptors (Lipinski definition) is 0. The summed E-state index contributed by atoms with van der Waals surface area (Å²) >= 11 is 0. The van der Waals surface area contributed by atoms with Crippen molar-refractivity contribution >= 4 is 5.57 Å². The van der Waals surface area contributed by atoms with Crippen molar-refractivity contribution in [3.8, 4) is 11.1 Å². The van der Waals surface area contributed by atoms with Crippen LogP contribution in [0.3, 0.4) is 0 Å². The Balaban J connectivity index is 2.66. The van der Waals surface area contributed by atoms with Gasteiger partial charge in [-0.2, -0.15) is 0 Å². The molecule has 0 nitrogen and oxygen atoms in total. The van der Waals surface area contributed by atoms with Crippen LogP contribution in [0.5, 0.6) is 0 Å². The Hall–Kier alpha value is -2.34. The van der Waals surface area contributed by atoms with Crippen molar-refractivity contribution in [3.63, 3.8) is 0 Å². The number of rotatable bonds is 4. The van der Waals surface area contributed by atoms with Crippen LogP contribution < -0.4 is 0 Å². The van der Waals surface area contributed by atoms with Crippen LogP contribution in [0.1, 0.15) is 12.5 Å². The molecule has 0 atom stereocenters. The summed E-state index contributed by atoms with van der Waals surface area (Å²) in [4.78, 5) is 0. The summed E-state index contributed by atoms with van der Waals surface area (Å²) in [6.07, 6.45) is 3.78. The molecule has 19 heavy (non-hydrogen) atoms. The van der Waals surface area contributed by atoms with Crippen molar-refractivity contribution in [2.45, 2.75) is 6.92 Å². The van der Waals surface area contributed by atoms with Crippen LogP contribution in [0.4, 0.5) is 0 Å². The SMILES string of the molecule is C=C/C(C)=C(\C=C)c1ccccc1-c1ccccc1. The van der Waals surface area contributed by atoms with Crippen molar-refractivity contribution in [1.29, 1.82) is 0 Å². The quantitative estimate of drug-likeness (QED) is 0.625. The van der Waals surface area contributed by atoms with E-state index >= 15 is 0 Å². The Kier molecular flexibility index (Phi) is 4.15. The van der Waals surface area contributed by atoms with Gasteiger partial charge in [-0.05, 0) is 34.8 Å². The summed E-state index contributed by atoms with van der Waals surface area (Å²) in [6.45, 7) is 9.85. The predicted octanol–water partition coefficient (Wildman–Crippen LogP) is 5.50. The highest BCUT2D eigenvalue weighted by Crippen LogP contribution is 2.31. The molecule has 2 aromatic rings. The third-order valence-corrected chi connectivity index (χ3v) is 3.24. The molecule has 0 bridgehead atoms. The lowest BCUT2D eigenvalue weighted by Crippen LogP contribution is -1.89. The van der Waals surface area contributed by atoms with E-state index in [2.05, 4.69) is 68.6 Å². The van der Waals surface area contributed by atoms with E-state index in [1.54, 1.807) is 0 Å². The Morgan fingerprint density at radius 2 is 1.47 bits per heavy atom. The predicted molar refractivity (Wildman–Crippen MR) is 84.9 cm³/mol. The Morgan fingerprint density at radius 1 is 0.842 bits per heavy atom. The first kappa shape index (κ1) is 13.1. The summed E-state index contributed by atoms with van der Waals surface area (Å²) in [5, 5.41) is 0. The zero-order valence-electron chi connectivity index (χ0n) is 11.3.